The summed E-state index contributed by atoms with van der Waals surface area (Å²) < 4.78 is 5.63. The highest BCUT2D eigenvalue weighted by Gasteiger charge is 2.22. The molecule has 0 saturated carbocycles. The van der Waals surface area contributed by atoms with Crippen molar-refractivity contribution in [1.29, 1.82) is 0 Å². The van der Waals surface area contributed by atoms with E-state index in [1.54, 1.807) is 0 Å². The molecule has 1 aliphatic rings. The maximum Gasteiger partial charge on any atom is 0.126 e. The summed E-state index contributed by atoms with van der Waals surface area (Å²) in [5.41, 5.74) is 1.23. The van der Waals surface area contributed by atoms with E-state index in [-0.39, 0.29) is 0 Å². The first-order valence-corrected chi connectivity index (χ1v) is 5.56. The normalized spacial score (nSPS) is 22.7. The standard InChI is InChI=1S/C12H18N2O/c1-9-5-6-13-12(8-9)14-10(2)11-4-3-7-15-11/h5-6,8,10-11H,3-4,7H2,1-2H3,(H,13,14). The second kappa shape index (κ2) is 4.62. The first-order chi connectivity index (χ1) is 7.25. The number of aryl methyl sites for hydroxylation is 1. The molecule has 0 radical (unpaired) electrons. The average Bonchev–Trinajstić information content (AvgIpc) is 2.70. The quantitative estimate of drug-likeness (QED) is 0.824. The van der Waals surface area contributed by atoms with Crippen LogP contribution in [0.5, 0.6) is 0 Å². The minimum Gasteiger partial charge on any atom is -0.376 e. The van der Waals surface area contributed by atoms with E-state index in [9.17, 15) is 0 Å². The molecule has 2 atom stereocenters. The predicted octanol–water partition coefficient (Wildman–Crippen LogP) is 2.37. The van der Waals surface area contributed by atoms with Gasteiger partial charge >= 0.3 is 0 Å². The maximum absolute atomic E-state index is 5.63. The molecule has 1 saturated heterocycles. The highest BCUT2D eigenvalue weighted by molar-refractivity contribution is 5.38. The van der Waals surface area contributed by atoms with Gasteiger partial charge in [0.1, 0.15) is 5.82 Å². The van der Waals surface area contributed by atoms with Crippen LogP contribution in [0.3, 0.4) is 0 Å². The van der Waals surface area contributed by atoms with Crippen molar-refractivity contribution in [3.8, 4) is 0 Å². The van der Waals surface area contributed by atoms with Gasteiger partial charge in [-0.1, -0.05) is 0 Å². The van der Waals surface area contributed by atoms with Crippen LogP contribution in [0.15, 0.2) is 18.3 Å². The fourth-order valence-corrected chi connectivity index (χ4v) is 1.94. The molecule has 2 heterocycles. The molecule has 2 unspecified atom stereocenters. The summed E-state index contributed by atoms with van der Waals surface area (Å²) in [6, 6.07) is 4.40. The first kappa shape index (κ1) is 10.4. The Kier molecular flexibility index (Phi) is 3.21. The van der Waals surface area contributed by atoms with Gasteiger partial charge in [0.15, 0.2) is 0 Å². The van der Waals surface area contributed by atoms with Gasteiger partial charge in [0, 0.05) is 12.8 Å². The third-order valence-corrected chi connectivity index (χ3v) is 2.81. The minimum atomic E-state index is 0.335. The van der Waals surface area contributed by atoms with E-state index in [0.29, 0.717) is 12.1 Å². The highest BCUT2D eigenvalue weighted by Crippen LogP contribution is 2.18. The molecular formula is C12H18N2O. The second-order valence-electron chi connectivity index (χ2n) is 4.20. The van der Waals surface area contributed by atoms with Gasteiger partial charge in [-0.15, -0.1) is 0 Å². The zero-order chi connectivity index (χ0) is 10.7. The van der Waals surface area contributed by atoms with Gasteiger partial charge in [-0.05, 0) is 44.4 Å². The van der Waals surface area contributed by atoms with Crippen molar-refractivity contribution in [3.05, 3.63) is 23.9 Å². The number of hydrogen-bond donors (Lipinski definition) is 1. The third-order valence-electron chi connectivity index (χ3n) is 2.81. The van der Waals surface area contributed by atoms with Gasteiger partial charge in [0.25, 0.3) is 0 Å². The van der Waals surface area contributed by atoms with Crippen molar-refractivity contribution in [1.82, 2.24) is 4.98 Å². The molecule has 1 aliphatic heterocycles. The molecule has 3 heteroatoms. The smallest absolute Gasteiger partial charge is 0.126 e. The number of anilines is 1. The molecular weight excluding hydrogens is 188 g/mol. The molecule has 0 amide bonds. The fourth-order valence-electron chi connectivity index (χ4n) is 1.94. The van der Waals surface area contributed by atoms with Crippen LogP contribution in [0.25, 0.3) is 0 Å². The summed E-state index contributed by atoms with van der Waals surface area (Å²) >= 11 is 0. The van der Waals surface area contributed by atoms with Gasteiger partial charge < -0.3 is 10.1 Å². The van der Waals surface area contributed by atoms with E-state index < -0.39 is 0 Å². The van der Waals surface area contributed by atoms with E-state index >= 15 is 0 Å². The van der Waals surface area contributed by atoms with Gasteiger partial charge in [-0.25, -0.2) is 4.98 Å². The van der Waals surface area contributed by atoms with Crippen LogP contribution in [0.1, 0.15) is 25.3 Å². The molecule has 2 rings (SSSR count). The Balaban J connectivity index is 1.95. The molecule has 15 heavy (non-hydrogen) atoms. The first-order valence-electron chi connectivity index (χ1n) is 5.56. The Labute approximate surface area is 90.9 Å². The fraction of sp³-hybridized carbons (Fsp3) is 0.583. The number of rotatable bonds is 3. The van der Waals surface area contributed by atoms with Crippen molar-refractivity contribution in [2.75, 3.05) is 11.9 Å². The third kappa shape index (κ3) is 2.69. The summed E-state index contributed by atoms with van der Waals surface area (Å²) in [6.07, 6.45) is 4.50. The Morgan fingerprint density at radius 1 is 1.60 bits per heavy atom. The Hall–Kier alpha value is -1.09. The highest BCUT2D eigenvalue weighted by atomic mass is 16.5. The molecule has 0 aromatic carbocycles. The van der Waals surface area contributed by atoms with E-state index in [1.807, 2.05) is 12.3 Å². The zero-order valence-corrected chi connectivity index (χ0v) is 9.36. The van der Waals surface area contributed by atoms with Gasteiger partial charge in [-0.2, -0.15) is 0 Å². The Morgan fingerprint density at radius 2 is 2.47 bits per heavy atom. The second-order valence-corrected chi connectivity index (χ2v) is 4.20. The van der Waals surface area contributed by atoms with Crippen LogP contribution >= 0.6 is 0 Å². The molecule has 3 nitrogen and oxygen atoms in total. The lowest BCUT2D eigenvalue weighted by molar-refractivity contribution is 0.0995. The number of aromatic nitrogens is 1. The monoisotopic (exact) mass is 206 g/mol. The molecule has 1 fully saturated rings. The number of ether oxygens (including phenoxy) is 1. The van der Waals surface area contributed by atoms with Gasteiger partial charge in [0.05, 0.1) is 12.1 Å². The van der Waals surface area contributed by atoms with Crippen molar-refractivity contribution in [3.63, 3.8) is 0 Å². The summed E-state index contributed by atoms with van der Waals surface area (Å²) in [5, 5.41) is 3.39. The van der Waals surface area contributed by atoms with Crippen LogP contribution in [0, 0.1) is 6.92 Å². The molecule has 0 spiro atoms. The largest absolute Gasteiger partial charge is 0.376 e. The Morgan fingerprint density at radius 3 is 3.13 bits per heavy atom. The molecule has 1 aromatic rings. The lowest BCUT2D eigenvalue weighted by Gasteiger charge is -2.20. The van der Waals surface area contributed by atoms with Crippen LogP contribution in [-0.4, -0.2) is 23.7 Å². The lowest BCUT2D eigenvalue weighted by Crippen LogP contribution is -2.30. The lowest BCUT2D eigenvalue weighted by atomic mass is 10.1. The SMILES string of the molecule is Cc1ccnc(NC(C)C2CCCO2)c1. The van der Waals surface area contributed by atoms with Gasteiger partial charge in [-0.3, -0.25) is 0 Å². The van der Waals surface area contributed by atoms with Gasteiger partial charge in [0.2, 0.25) is 0 Å². The van der Waals surface area contributed by atoms with Crippen LogP contribution in [0.4, 0.5) is 5.82 Å². The summed E-state index contributed by atoms with van der Waals surface area (Å²) in [6.45, 7) is 5.13. The van der Waals surface area contributed by atoms with E-state index in [4.69, 9.17) is 4.74 Å². The zero-order valence-electron chi connectivity index (χ0n) is 9.36. The molecule has 1 aromatic heterocycles. The van der Waals surface area contributed by atoms with Crippen molar-refractivity contribution < 1.29 is 4.74 Å². The predicted molar refractivity (Wildman–Crippen MR) is 61.0 cm³/mol. The van der Waals surface area contributed by atoms with Crippen LogP contribution in [-0.2, 0) is 4.74 Å². The molecule has 0 bridgehead atoms. The number of hydrogen-bond acceptors (Lipinski definition) is 3. The van der Waals surface area contributed by atoms with E-state index in [0.717, 1.165) is 18.8 Å². The van der Waals surface area contributed by atoms with Crippen LogP contribution < -0.4 is 5.32 Å². The van der Waals surface area contributed by atoms with Crippen molar-refractivity contribution >= 4 is 5.82 Å². The summed E-state index contributed by atoms with van der Waals surface area (Å²) in [5.74, 6) is 0.943. The van der Waals surface area contributed by atoms with E-state index in [2.05, 4.69) is 30.2 Å². The maximum atomic E-state index is 5.63. The van der Waals surface area contributed by atoms with Crippen LogP contribution in [0.2, 0.25) is 0 Å². The topological polar surface area (TPSA) is 34.2 Å². The summed E-state index contributed by atoms with van der Waals surface area (Å²) in [7, 11) is 0. The molecule has 0 aliphatic carbocycles. The molecule has 1 N–H and O–H groups in total. The Bertz CT molecular complexity index is 321. The average molecular weight is 206 g/mol. The van der Waals surface area contributed by atoms with Crippen molar-refractivity contribution in [2.45, 2.75) is 38.8 Å². The summed E-state index contributed by atoms with van der Waals surface area (Å²) in [4.78, 5) is 4.28. The van der Waals surface area contributed by atoms with Crippen molar-refractivity contribution in [2.24, 2.45) is 0 Å². The molecule has 82 valence electrons. The minimum absolute atomic E-state index is 0.335. The number of pyridine rings is 1. The number of nitrogens with zero attached hydrogens (tertiary/aromatic N) is 1. The number of nitrogens with one attached hydrogen (secondary N) is 1. The van der Waals surface area contributed by atoms with E-state index in [1.165, 1.54) is 12.0 Å².